The molecule has 0 unspecified atom stereocenters. The molecule has 0 aromatic heterocycles. The van der Waals surface area contributed by atoms with Crippen LogP contribution in [0.3, 0.4) is 0 Å². The van der Waals surface area contributed by atoms with Crippen LogP contribution in [0.4, 0.5) is 21.7 Å². The Bertz CT molecular complexity index is 759. The maximum atomic E-state index is 13.8. The summed E-state index contributed by atoms with van der Waals surface area (Å²) in [6.07, 6.45) is 1.02. The van der Waals surface area contributed by atoms with Crippen molar-refractivity contribution in [3.8, 4) is 0 Å². The molecule has 0 aliphatic carbocycles. The largest absolute Gasteiger partial charge is 0.673 e. The van der Waals surface area contributed by atoms with Crippen LogP contribution < -0.4 is 21.2 Å². The van der Waals surface area contributed by atoms with E-state index >= 15 is 0 Å². The van der Waals surface area contributed by atoms with Gasteiger partial charge in [0.15, 0.2) is 7.65 Å². The molecule has 29 heavy (non-hydrogen) atoms. The summed E-state index contributed by atoms with van der Waals surface area (Å²) in [7, 11) is -6.00. The van der Waals surface area contributed by atoms with Gasteiger partial charge in [0.2, 0.25) is 0 Å². The third kappa shape index (κ3) is 14.7. The van der Waals surface area contributed by atoms with Gasteiger partial charge in [0, 0.05) is 12.8 Å². The number of rotatable bonds is 8. The van der Waals surface area contributed by atoms with Crippen molar-refractivity contribution < 1.29 is 52.4 Å². The maximum absolute atomic E-state index is 13.8. The summed E-state index contributed by atoms with van der Waals surface area (Å²) in [4.78, 5) is 11.7. The lowest BCUT2D eigenvalue weighted by atomic mass is 10.2. The molecule has 158 valence electrons. The molecule has 0 spiro atoms. The molecule has 0 bridgehead atoms. The number of halogens is 6. The van der Waals surface area contributed by atoms with Gasteiger partial charge in [-0.2, -0.15) is 0 Å². The first-order valence-corrected chi connectivity index (χ1v) is 11.1. The monoisotopic (exact) mass is 526 g/mol. The van der Waals surface area contributed by atoms with Crippen LogP contribution in [0.5, 0.6) is 0 Å². The Balaban J connectivity index is 0.000000749. The Hall–Kier alpha value is -1.91. The van der Waals surface area contributed by atoms with Gasteiger partial charge in [-0.25, -0.2) is 4.39 Å². The third-order valence-corrected chi connectivity index (χ3v) is 5.77. The predicted molar refractivity (Wildman–Crippen MR) is 99.3 cm³/mol. The fourth-order valence-electron chi connectivity index (χ4n) is 1.99. The van der Waals surface area contributed by atoms with E-state index in [0.717, 1.165) is 5.56 Å². The van der Waals surface area contributed by atoms with E-state index in [1.54, 1.807) is 4.08 Å². The number of esters is 1. The van der Waals surface area contributed by atoms with Gasteiger partial charge in [0.1, 0.15) is 12.4 Å². The van der Waals surface area contributed by atoms with Crippen LogP contribution in [0, 0.1) is 10.5 Å². The topological polar surface area (TPSA) is 26.3 Å². The van der Waals surface area contributed by atoms with E-state index in [9.17, 15) is 26.4 Å². The summed E-state index contributed by atoms with van der Waals surface area (Å²) in [6.45, 7) is 2.31. The van der Waals surface area contributed by atoms with Crippen LogP contribution in [-0.2, 0) is 16.1 Å². The van der Waals surface area contributed by atoms with E-state index in [0.29, 0.717) is 12.8 Å². The molecule has 2 rings (SSSR count). The summed E-state index contributed by atoms with van der Waals surface area (Å²) in [5.74, 6) is -0.404. The van der Waals surface area contributed by atoms with Crippen LogP contribution in [0.2, 0.25) is 0 Å². The Labute approximate surface area is 177 Å². The summed E-state index contributed by atoms with van der Waals surface area (Å²) < 4.78 is 60.9. The van der Waals surface area contributed by atoms with Crippen LogP contribution in [0.25, 0.3) is 0 Å². The number of hydrogen-bond donors (Lipinski definition) is 0. The van der Waals surface area contributed by atoms with Crippen molar-refractivity contribution >= 4 is 13.2 Å². The average Bonchev–Trinajstić information content (AvgIpc) is 2.65. The van der Waals surface area contributed by atoms with Gasteiger partial charge in [-0.1, -0.05) is 48.0 Å². The molecule has 0 heterocycles. The van der Waals surface area contributed by atoms with Crippen LogP contribution in [0.15, 0.2) is 64.5 Å². The van der Waals surface area contributed by atoms with E-state index < -0.39 is 28.5 Å². The highest BCUT2D eigenvalue weighted by atomic mass is 127. The van der Waals surface area contributed by atoms with E-state index in [4.69, 9.17) is 4.74 Å². The number of benzene rings is 2. The van der Waals surface area contributed by atoms with Crippen molar-refractivity contribution in [3.63, 3.8) is 0 Å². The number of allylic oxidation sites excluding steroid dienone is 1. The average molecular weight is 526 g/mol. The molecule has 2 aromatic carbocycles. The first-order chi connectivity index (χ1) is 13.6. The predicted octanol–water partition coefficient (Wildman–Crippen LogP) is 3.28. The molecule has 0 saturated heterocycles. The lowest BCUT2D eigenvalue weighted by Gasteiger charge is -2.04. The molecule has 0 aliphatic rings. The number of hydrogen-bond acceptors (Lipinski definition) is 2. The summed E-state index contributed by atoms with van der Waals surface area (Å²) in [6, 6.07) is 17.7. The van der Waals surface area contributed by atoms with Gasteiger partial charge in [0.25, 0.3) is 0 Å². The minimum absolute atomic E-state index is 0.126. The zero-order chi connectivity index (χ0) is 21.7. The molecule has 0 radical (unpaired) electrons. The maximum Gasteiger partial charge on any atom is 0.673 e. The number of ether oxygens (including phenoxy) is 1. The van der Waals surface area contributed by atoms with Crippen molar-refractivity contribution in [2.75, 3.05) is 0 Å². The first kappa shape index (κ1) is 25.1. The molecular weight excluding hydrogens is 505 g/mol. The zero-order valence-electron chi connectivity index (χ0n) is 15.8. The van der Waals surface area contributed by atoms with E-state index in [2.05, 4.69) is 0 Å². The third-order valence-electron chi connectivity index (χ3n) is 3.35. The van der Waals surface area contributed by atoms with Crippen molar-refractivity contribution in [3.05, 3.63) is 79.2 Å². The van der Waals surface area contributed by atoms with Gasteiger partial charge in [0.05, 0.1) is 0 Å². The Kier molecular flexibility index (Phi) is 11.6. The highest BCUT2D eigenvalue weighted by molar-refractivity contribution is 6.50. The molecule has 0 atom stereocenters. The standard InChI is InChI=1S/C20H21FIO2.BF4/c1-16-10-12-19(13-11-16)22-14-18(21)8-5-9-20(23)24-15-17-6-3-2-4-7-17;2-1(3,4)5/h2-4,6-7,10-14H,5,8-9,15H2,1H3;/q+1;-1/b18-14-;. The molecule has 0 fully saturated rings. The molecule has 0 aliphatic heterocycles. The van der Waals surface area contributed by atoms with Crippen molar-refractivity contribution in [1.82, 2.24) is 0 Å². The number of aryl methyl sites for hydroxylation is 1. The van der Waals surface area contributed by atoms with Crippen molar-refractivity contribution in [2.24, 2.45) is 0 Å². The van der Waals surface area contributed by atoms with Gasteiger partial charge in [-0.05, 0) is 31.0 Å². The second-order valence-electron chi connectivity index (χ2n) is 5.96. The van der Waals surface area contributed by atoms with E-state index in [1.807, 2.05) is 61.5 Å². The normalized spacial score (nSPS) is 11.4. The molecular formula is C20H21BF5IO2. The molecule has 2 nitrogen and oxygen atoms in total. The van der Waals surface area contributed by atoms with Crippen LogP contribution in [-0.4, -0.2) is 13.2 Å². The van der Waals surface area contributed by atoms with Gasteiger partial charge >= 0.3 is 34.4 Å². The van der Waals surface area contributed by atoms with Crippen LogP contribution >= 0.6 is 0 Å². The fraction of sp³-hybridized carbons (Fsp3) is 0.250. The number of carbonyl (C=O) groups excluding carboxylic acids is 1. The van der Waals surface area contributed by atoms with E-state index in [-0.39, 0.29) is 24.8 Å². The second-order valence-corrected chi connectivity index (χ2v) is 8.45. The Morgan fingerprint density at radius 2 is 1.59 bits per heavy atom. The molecule has 2 aromatic rings. The minimum Gasteiger partial charge on any atom is -0.461 e. The molecule has 0 N–H and O–H groups in total. The van der Waals surface area contributed by atoms with Gasteiger partial charge in [-0.15, -0.1) is 0 Å². The highest BCUT2D eigenvalue weighted by Gasteiger charge is 2.20. The fourth-order valence-corrected chi connectivity index (χ4v) is 3.78. The Morgan fingerprint density at radius 3 is 2.17 bits per heavy atom. The Morgan fingerprint density at radius 1 is 1.00 bits per heavy atom. The molecule has 0 amide bonds. The van der Waals surface area contributed by atoms with Crippen molar-refractivity contribution in [1.29, 1.82) is 0 Å². The van der Waals surface area contributed by atoms with E-state index in [1.165, 1.54) is 9.13 Å². The molecule has 0 saturated carbocycles. The number of carbonyl (C=O) groups is 1. The van der Waals surface area contributed by atoms with Gasteiger partial charge < -0.3 is 22.0 Å². The lowest BCUT2D eigenvalue weighted by Crippen LogP contribution is -3.59. The van der Waals surface area contributed by atoms with Crippen molar-refractivity contribution in [2.45, 2.75) is 32.8 Å². The zero-order valence-corrected chi connectivity index (χ0v) is 17.9. The highest BCUT2D eigenvalue weighted by Crippen LogP contribution is 2.09. The lowest BCUT2D eigenvalue weighted by molar-refractivity contribution is -0.558. The summed E-state index contributed by atoms with van der Waals surface area (Å²) in [5.41, 5.74) is 2.17. The summed E-state index contributed by atoms with van der Waals surface area (Å²) >= 11 is -0.451. The molecule has 9 heteroatoms. The van der Waals surface area contributed by atoms with Crippen LogP contribution in [0.1, 0.15) is 30.4 Å². The summed E-state index contributed by atoms with van der Waals surface area (Å²) in [5, 5.41) is 0. The smallest absolute Gasteiger partial charge is 0.461 e. The SMILES string of the molecule is Cc1ccc([I+]/C=C(\F)CCCC(=O)OCc2ccccc2)cc1.F[B-](F)(F)F. The van der Waals surface area contributed by atoms with Gasteiger partial charge in [-0.3, -0.25) is 4.79 Å². The minimum atomic E-state index is -6.00. The second kappa shape index (κ2) is 13.3. The first-order valence-electron chi connectivity index (χ1n) is 8.75. The quantitative estimate of drug-likeness (QED) is 0.229.